The molecular formula is C15H15NO2S. The van der Waals surface area contributed by atoms with Crippen molar-refractivity contribution in [2.75, 3.05) is 0 Å². The van der Waals surface area contributed by atoms with Crippen LogP contribution in [-0.4, -0.2) is 17.1 Å². The number of benzene rings is 1. The first-order valence-electron chi connectivity index (χ1n) is 6.68. The van der Waals surface area contributed by atoms with Gasteiger partial charge in [0.05, 0.1) is 15.2 Å². The second-order valence-electron chi connectivity index (χ2n) is 5.02. The molecule has 19 heavy (non-hydrogen) atoms. The van der Waals surface area contributed by atoms with Gasteiger partial charge in [-0.3, -0.25) is 9.59 Å². The Hall–Kier alpha value is -1.55. The molecular weight excluding hydrogens is 258 g/mol. The topological polar surface area (TPSA) is 47.0 Å². The van der Waals surface area contributed by atoms with Crippen molar-refractivity contribution in [2.24, 2.45) is 0 Å². The van der Waals surface area contributed by atoms with Crippen LogP contribution in [0.4, 0.5) is 0 Å². The van der Waals surface area contributed by atoms with Crippen LogP contribution >= 0.6 is 11.3 Å². The van der Waals surface area contributed by atoms with Crippen molar-refractivity contribution >= 4 is 33.6 Å². The average molecular weight is 273 g/mol. The van der Waals surface area contributed by atoms with Crippen molar-refractivity contribution in [3.05, 3.63) is 28.8 Å². The van der Waals surface area contributed by atoms with Crippen LogP contribution in [-0.2, 0) is 4.79 Å². The summed E-state index contributed by atoms with van der Waals surface area (Å²) in [5, 5.41) is 1.13. The number of nitrogens with zero attached hydrogens (tertiary/aromatic N) is 1. The molecule has 0 aliphatic heterocycles. The smallest absolute Gasteiger partial charge is 0.226 e. The van der Waals surface area contributed by atoms with Gasteiger partial charge in [0, 0.05) is 11.5 Å². The largest absolute Gasteiger partial charge is 0.294 e. The summed E-state index contributed by atoms with van der Waals surface area (Å²) in [6.45, 7) is 0. The number of fused-ring (bicyclic) bond motifs is 1. The Kier molecular flexibility index (Phi) is 3.42. The van der Waals surface area contributed by atoms with E-state index in [1.54, 1.807) is 23.5 Å². The average Bonchev–Trinajstić information content (AvgIpc) is 2.91. The van der Waals surface area contributed by atoms with E-state index in [0.717, 1.165) is 15.2 Å². The highest BCUT2D eigenvalue weighted by Crippen LogP contribution is 2.37. The number of thiazole rings is 1. The van der Waals surface area contributed by atoms with Crippen LogP contribution in [0.15, 0.2) is 18.2 Å². The molecule has 4 heteroatoms. The third-order valence-electron chi connectivity index (χ3n) is 3.76. The normalized spacial score (nSPS) is 16.6. The minimum atomic E-state index is -0.454. The van der Waals surface area contributed by atoms with Gasteiger partial charge < -0.3 is 0 Å². The van der Waals surface area contributed by atoms with E-state index in [-0.39, 0.29) is 0 Å². The van der Waals surface area contributed by atoms with E-state index in [1.165, 1.54) is 32.1 Å². The van der Waals surface area contributed by atoms with Gasteiger partial charge >= 0.3 is 0 Å². The lowest BCUT2D eigenvalue weighted by molar-refractivity contribution is -0.104. The molecule has 98 valence electrons. The summed E-state index contributed by atoms with van der Waals surface area (Å²) in [6, 6.07) is 5.42. The summed E-state index contributed by atoms with van der Waals surface area (Å²) in [6.07, 6.45) is 6.61. The van der Waals surface area contributed by atoms with Crippen LogP contribution in [0.25, 0.3) is 10.2 Å². The van der Waals surface area contributed by atoms with Crippen LogP contribution in [0.2, 0.25) is 0 Å². The minimum absolute atomic E-state index is 0.384. The zero-order valence-corrected chi connectivity index (χ0v) is 11.4. The van der Waals surface area contributed by atoms with Crippen molar-refractivity contribution in [1.82, 2.24) is 4.98 Å². The summed E-state index contributed by atoms with van der Waals surface area (Å²) in [5.41, 5.74) is 1.34. The van der Waals surface area contributed by atoms with Crippen LogP contribution in [0.5, 0.6) is 0 Å². The molecule has 0 radical (unpaired) electrons. The maximum atomic E-state index is 11.6. The van der Waals surface area contributed by atoms with Crippen molar-refractivity contribution in [3.8, 4) is 0 Å². The summed E-state index contributed by atoms with van der Waals surface area (Å²) in [4.78, 5) is 27.0. The fourth-order valence-corrected chi connectivity index (χ4v) is 4.00. The maximum Gasteiger partial charge on any atom is 0.226 e. The summed E-state index contributed by atoms with van der Waals surface area (Å²) in [7, 11) is 0. The molecule has 1 aromatic carbocycles. The zero-order chi connectivity index (χ0) is 13.2. The molecule has 0 amide bonds. The molecule has 2 aromatic rings. The third-order valence-corrected chi connectivity index (χ3v) is 5.03. The van der Waals surface area contributed by atoms with E-state index >= 15 is 0 Å². The van der Waals surface area contributed by atoms with E-state index in [2.05, 4.69) is 4.98 Å². The van der Waals surface area contributed by atoms with E-state index in [0.29, 0.717) is 17.8 Å². The number of carbonyl (C=O) groups excluding carboxylic acids is 2. The van der Waals surface area contributed by atoms with Crippen molar-refractivity contribution < 1.29 is 9.59 Å². The first-order chi connectivity index (χ1) is 9.29. The summed E-state index contributed by atoms with van der Waals surface area (Å²) >= 11 is 1.58. The molecule has 1 heterocycles. The highest BCUT2D eigenvalue weighted by molar-refractivity contribution is 7.19. The monoisotopic (exact) mass is 273 g/mol. The fourth-order valence-electron chi connectivity index (χ4n) is 2.75. The number of hydrogen-bond acceptors (Lipinski definition) is 4. The van der Waals surface area contributed by atoms with E-state index in [4.69, 9.17) is 0 Å². The lowest BCUT2D eigenvalue weighted by Crippen LogP contribution is -2.03. The highest BCUT2D eigenvalue weighted by atomic mass is 32.1. The van der Waals surface area contributed by atoms with Gasteiger partial charge in [-0.25, -0.2) is 4.98 Å². The van der Waals surface area contributed by atoms with Crippen LogP contribution in [0, 0.1) is 0 Å². The number of hydrogen-bond donors (Lipinski definition) is 0. The molecule has 0 atom stereocenters. The second kappa shape index (κ2) is 5.21. The molecule has 1 aliphatic rings. The molecule has 0 saturated heterocycles. The molecule has 3 nitrogen and oxygen atoms in total. The maximum absolute atomic E-state index is 11.6. The fraction of sp³-hybridized carbons (Fsp3) is 0.400. The Morgan fingerprint density at radius 2 is 2.05 bits per heavy atom. The van der Waals surface area contributed by atoms with Gasteiger partial charge in [0.25, 0.3) is 0 Å². The predicted octanol–water partition coefficient (Wildman–Crippen LogP) is 3.73. The van der Waals surface area contributed by atoms with E-state index in [1.807, 2.05) is 6.07 Å². The quantitative estimate of drug-likeness (QED) is 0.486. The Morgan fingerprint density at radius 1 is 1.26 bits per heavy atom. The molecule has 0 spiro atoms. The molecule has 1 aliphatic carbocycles. The molecule has 1 aromatic heterocycles. The third kappa shape index (κ3) is 2.32. The predicted molar refractivity (Wildman–Crippen MR) is 75.8 cm³/mol. The van der Waals surface area contributed by atoms with Crippen molar-refractivity contribution in [3.63, 3.8) is 0 Å². The van der Waals surface area contributed by atoms with Gasteiger partial charge in [-0.2, -0.15) is 0 Å². The van der Waals surface area contributed by atoms with Crippen LogP contribution in [0.1, 0.15) is 53.4 Å². The molecule has 0 unspecified atom stereocenters. The number of aromatic nitrogens is 1. The van der Waals surface area contributed by atoms with Crippen molar-refractivity contribution in [1.29, 1.82) is 0 Å². The Morgan fingerprint density at radius 3 is 2.79 bits per heavy atom. The molecule has 3 rings (SSSR count). The lowest BCUT2D eigenvalue weighted by atomic mass is 9.90. The number of aldehydes is 1. The Labute approximate surface area is 115 Å². The number of rotatable bonds is 3. The lowest BCUT2D eigenvalue weighted by Gasteiger charge is -2.18. The molecule has 0 N–H and O–H groups in total. The number of ketones is 1. The summed E-state index contributed by atoms with van der Waals surface area (Å²) < 4.78 is 0.861. The second-order valence-corrected chi connectivity index (χ2v) is 6.05. The van der Waals surface area contributed by atoms with Gasteiger partial charge in [0.15, 0.2) is 6.29 Å². The van der Waals surface area contributed by atoms with Gasteiger partial charge in [-0.15, -0.1) is 11.3 Å². The minimum Gasteiger partial charge on any atom is -0.294 e. The van der Waals surface area contributed by atoms with Crippen LogP contribution < -0.4 is 0 Å². The van der Waals surface area contributed by atoms with Crippen LogP contribution in [0.3, 0.4) is 0 Å². The first kappa shape index (κ1) is 12.5. The van der Waals surface area contributed by atoms with Gasteiger partial charge in [0.2, 0.25) is 5.78 Å². The number of carbonyl (C=O) groups is 2. The first-order valence-corrected chi connectivity index (χ1v) is 7.50. The van der Waals surface area contributed by atoms with Gasteiger partial charge in [-0.05, 0) is 25.0 Å². The molecule has 0 bridgehead atoms. The van der Waals surface area contributed by atoms with Gasteiger partial charge in [-0.1, -0.05) is 25.3 Å². The van der Waals surface area contributed by atoms with Crippen molar-refractivity contribution in [2.45, 2.75) is 38.0 Å². The van der Waals surface area contributed by atoms with E-state index in [9.17, 15) is 9.59 Å². The Balaban J connectivity index is 2.04. The highest BCUT2D eigenvalue weighted by Gasteiger charge is 2.21. The summed E-state index contributed by atoms with van der Waals surface area (Å²) in [5.74, 6) is 0.0785. The SMILES string of the molecule is O=CC(=O)c1cccc2nc(C3CCCCC3)sc12. The zero-order valence-electron chi connectivity index (χ0n) is 10.6. The Bertz CT molecular complexity index is 626. The molecule has 1 fully saturated rings. The van der Waals surface area contributed by atoms with Gasteiger partial charge in [0.1, 0.15) is 0 Å². The van der Waals surface area contributed by atoms with E-state index < -0.39 is 5.78 Å². The number of Topliss-reactive ketones (excluding diaryl/α,β-unsaturated/α-hetero) is 1. The standard InChI is InChI=1S/C15H15NO2S/c17-9-13(18)11-7-4-8-12-14(11)19-15(16-12)10-5-2-1-3-6-10/h4,7-10H,1-3,5-6H2. The molecule has 1 saturated carbocycles.